The number of hydrogen-bond acceptors (Lipinski definition) is 4. The van der Waals surface area contributed by atoms with E-state index in [1.807, 2.05) is 42.5 Å². The average Bonchev–Trinajstić information content (AvgIpc) is 3.26. The van der Waals surface area contributed by atoms with Crippen LogP contribution in [0.15, 0.2) is 64.7 Å². The zero-order valence-corrected chi connectivity index (χ0v) is 17.7. The maximum atomic E-state index is 12.4. The van der Waals surface area contributed by atoms with Gasteiger partial charge in [0.1, 0.15) is 11.9 Å². The lowest BCUT2D eigenvalue weighted by Crippen LogP contribution is -2.28. The van der Waals surface area contributed by atoms with Crippen LogP contribution in [0.4, 0.5) is 0 Å². The number of para-hydroxylation sites is 1. The van der Waals surface area contributed by atoms with Crippen molar-refractivity contribution in [2.75, 3.05) is 14.2 Å². The van der Waals surface area contributed by atoms with E-state index in [4.69, 9.17) is 14.2 Å². The van der Waals surface area contributed by atoms with Gasteiger partial charge in [0.05, 0.1) is 18.8 Å². The lowest BCUT2D eigenvalue weighted by Gasteiger charge is -2.31. The summed E-state index contributed by atoms with van der Waals surface area (Å²) >= 11 is 3.65. The van der Waals surface area contributed by atoms with Gasteiger partial charge in [-0.2, -0.15) is 0 Å². The first-order valence-corrected chi connectivity index (χ1v) is 10.2. The standard InChI is InChI=1S/C23H23BrO4/c1-13(21(26-2)14-8-4-6-10-18(14)24)16-12-17(23(25)27-3)22-20(16)15-9-5-7-11-19(15)28-22/h4-13,16,20-22H,1-3H3/t13-,16-,20-,21+,22+/m1/s1. The smallest absolute Gasteiger partial charge is 0.337 e. The van der Waals surface area contributed by atoms with Crippen LogP contribution in [0, 0.1) is 11.8 Å². The van der Waals surface area contributed by atoms with Crippen LogP contribution in [-0.2, 0) is 14.3 Å². The van der Waals surface area contributed by atoms with E-state index in [0.29, 0.717) is 5.57 Å². The summed E-state index contributed by atoms with van der Waals surface area (Å²) in [6.07, 6.45) is 1.60. The van der Waals surface area contributed by atoms with Gasteiger partial charge in [0, 0.05) is 23.1 Å². The molecule has 1 aliphatic heterocycles. The Kier molecular flexibility index (Phi) is 5.30. The fourth-order valence-electron chi connectivity index (χ4n) is 4.62. The van der Waals surface area contributed by atoms with Gasteiger partial charge in [-0.3, -0.25) is 0 Å². The number of benzene rings is 2. The number of carbonyl (C=O) groups is 1. The van der Waals surface area contributed by atoms with E-state index in [-0.39, 0.29) is 35.9 Å². The number of carbonyl (C=O) groups excluding carboxylic acids is 1. The molecule has 0 aromatic heterocycles. The molecule has 5 atom stereocenters. The van der Waals surface area contributed by atoms with E-state index < -0.39 is 0 Å². The molecule has 1 aliphatic carbocycles. The number of rotatable bonds is 5. The van der Waals surface area contributed by atoms with Gasteiger partial charge in [0.15, 0.2) is 0 Å². The van der Waals surface area contributed by atoms with Crippen LogP contribution in [0.3, 0.4) is 0 Å². The molecule has 0 saturated heterocycles. The summed E-state index contributed by atoms with van der Waals surface area (Å²) in [4.78, 5) is 12.4. The van der Waals surface area contributed by atoms with Gasteiger partial charge in [-0.05, 0) is 29.5 Å². The predicted molar refractivity (Wildman–Crippen MR) is 110 cm³/mol. The maximum absolute atomic E-state index is 12.4. The largest absolute Gasteiger partial charge is 0.484 e. The highest BCUT2D eigenvalue weighted by molar-refractivity contribution is 9.10. The van der Waals surface area contributed by atoms with Gasteiger partial charge in [0.25, 0.3) is 0 Å². The van der Waals surface area contributed by atoms with Gasteiger partial charge in [-0.1, -0.05) is 65.3 Å². The van der Waals surface area contributed by atoms with Crippen LogP contribution in [0.2, 0.25) is 0 Å². The monoisotopic (exact) mass is 442 g/mol. The highest BCUT2D eigenvalue weighted by Gasteiger charge is 2.50. The van der Waals surface area contributed by atoms with E-state index in [1.165, 1.54) is 7.11 Å². The van der Waals surface area contributed by atoms with Crippen molar-refractivity contribution in [1.29, 1.82) is 0 Å². The average molecular weight is 443 g/mol. The Morgan fingerprint density at radius 2 is 1.82 bits per heavy atom. The van der Waals surface area contributed by atoms with E-state index in [2.05, 4.69) is 35.0 Å². The van der Waals surface area contributed by atoms with Crippen LogP contribution in [0.25, 0.3) is 0 Å². The molecule has 28 heavy (non-hydrogen) atoms. The zero-order chi connectivity index (χ0) is 19.8. The molecule has 0 saturated carbocycles. The first-order valence-electron chi connectivity index (χ1n) is 9.39. The van der Waals surface area contributed by atoms with Crippen molar-refractivity contribution in [3.8, 4) is 5.75 Å². The second-order valence-electron chi connectivity index (χ2n) is 7.33. The first kappa shape index (κ1) is 19.2. The summed E-state index contributed by atoms with van der Waals surface area (Å²) in [7, 11) is 3.15. The number of ether oxygens (including phenoxy) is 3. The Hall–Kier alpha value is -2.11. The summed E-state index contributed by atoms with van der Waals surface area (Å²) in [6.45, 7) is 2.17. The van der Waals surface area contributed by atoms with Crippen LogP contribution in [-0.4, -0.2) is 26.3 Å². The van der Waals surface area contributed by atoms with Crippen molar-refractivity contribution in [3.05, 3.63) is 75.8 Å². The molecule has 1 heterocycles. The number of hydrogen-bond donors (Lipinski definition) is 0. The van der Waals surface area contributed by atoms with Crippen molar-refractivity contribution in [3.63, 3.8) is 0 Å². The Morgan fingerprint density at radius 1 is 1.11 bits per heavy atom. The third-order valence-electron chi connectivity index (χ3n) is 5.92. The lowest BCUT2D eigenvalue weighted by molar-refractivity contribution is -0.136. The third kappa shape index (κ3) is 3.07. The molecule has 0 spiro atoms. The molecule has 4 rings (SSSR count). The van der Waals surface area contributed by atoms with Crippen molar-refractivity contribution in [1.82, 2.24) is 0 Å². The second kappa shape index (κ2) is 7.72. The molecule has 4 nitrogen and oxygen atoms in total. The van der Waals surface area contributed by atoms with Crippen molar-refractivity contribution in [2.45, 2.75) is 25.0 Å². The van der Waals surface area contributed by atoms with Crippen molar-refractivity contribution >= 4 is 21.9 Å². The van der Waals surface area contributed by atoms with E-state index in [0.717, 1.165) is 21.3 Å². The molecule has 0 N–H and O–H groups in total. The second-order valence-corrected chi connectivity index (χ2v) is 8.18. The Morgan fingerprint density at radius 3 is 2.54 bits per heavy atom. The normalized spacial score (nSPS) is 24.6. The van der Waals surface area contributed by atoms with Gasteiger partial charge in [0.2, 0.25) is 0 Å². The Bertz CT molecular complexity index is 922. The molecule has 5 heteroatoms. The highest BCUT2D eigenvalue weighted by Crippen LogP contribution is 2.54. The van der Waals surface area contributed by atoms with Crippen LogP contribution >= 0.6 is 15.9 Å². The quantitative estimate of drug-likeness (QED) is 0.607. The number of halogens is 1. The molecule has 2 aromatic carbocycles. The minimum Gasteiger partial charge on any atom is -0.484 e. The number of esters is 1. The Balaban J connectivity index is 1.75. The lowest BCUT2D eigenvalue weighted by atomic mass is 9.77. The summed E-state index contributed by atoms with van der Waals surface area (Å²) in [5.41, 5.74) is 2.84. The molecule has 2 aromatic rings. The Labute approximate surface area is 173 Å². The molecule has 0 amide bonds. The summed E-state index contributed by atoms with van der Waals surface area (Å²) < 4.78 is 18.2. The minimum absolute atomic E-state index is 0.0698. The predicted octanol–water partition coefficient (Wildman–Crippen LogP) is 5.05. The number of fused-ring (bicyclic) bond motifs is 3. The summed E-state index contributed by atoms with van der Waals surface area (Å²) in [5.74, 6) is 0.791. The molecule has 146 valence electrons. The molecular formula is C23H23BrO4. The number of allylic oxidation sites excluding steroid dienone is 1. The van der Waals surface area contributed by atoms with Gasteiger partial charge < -0.3 is 14.2 Å². The molecule has 2 aliphatic rings. The summed E-state index contributed by atoms with van der Waals surface area (Å²) in [6, 6.07) is 16.1. The molecule has 0 unspecified atom stereocenters. The van der Waals surface area contributed by atoms with Crippen molar-refractivity contribution < 1.29 is 19.0 Å². The van der Waals surface area contributed by atoms with Gasteiger partial charge in [-0.15, -0.1) is 0 Å². The van der Waals surface area contributed by atoms with E-state index in [9.17, 15) is 4.79 Å². The molecule has 0 bridgehead atoms. The van der Waals surface area contributed by atoms with Gasteiger partial charge in [-0.25, -0.2) is 4.79 Å². The molecule has 0 fully saturated rings. The topological polar surface area (TPSA) is 44.8 Å². The third-order valence-corrected chi connectivity index (χ3v) is 6.65. The summed E-state index contributed by atoms with van der Waals surface area (Å²) in [5, 5.41) is 0. The van der Waals surface area contributed by atoms with Gasteiger partial charge >= 0.3 is 5.97 Å². The van der Waals surface area contributed by atoms with E-state index in [1.54, 1.807) is 7.11 Å². The molecular weight excluding hydrogens is 420 g/mol. The van der Waals surface area contributed by atoms with Crippen LogP contribution in [0.5, 0.6) is 5.75 Å². The first-order chi connectivity index (χ1) is 13.6. The van der Waals surface area contributed by atoms with Crippen molar-refractivity contribution in [2.24, 2.45) is 11.8 Å². The van der Waals surface area contributed by atoms with Crippen LogP contribution in [0.1, 0.15) is 30.1 Å². The molecule has 0 radical (unpaired) electrons. The fourth-order valence-corrected chi connectivity index (χ4v) is 5.13. The maximum Gasteiger partial charge on any atom is 0.337 e. The fraction of sp³-hybridized carbons (Fsp3) is 0.348. The minimum atomic E-state index is -0.327. The SMILES string of the molecule is COC(=O)C1=C[C@H]([C@@H](C)[C@H](OC)c2ccccc2Br)[C@H]2c3ccccc3O[C@@H]12. The number of methoxy groups -OCH3 is 2. The highest BCUT2D eigenvalue weighted by atomic mass is 79.9. The van der Waals surface area contributed by atoms with Crippen LogP contribution < -0.4 is 4.74 Å². The zero-order valence-electron chi connectivity index (χ0n) is 16.1. The van der Waals surface area contributed by atoms with E-state index >= 15 is 0 Å².